The highest BCUT2D eigenvalue weighted by Crippen LogP contribution is 2.35. The summed E-state index contributed by atoms with van der Waals surface area (Å²) >= 11 is 5.99. The molecule has 0 aliphatic heterocycles. The van der Waals surface area contributed by atoms with Gasteiger partial charge in [0.15, 0.2) is 0 Å². The lowest BCUT2D eigenvalue weighted by molar-refractivity contribution is 0.102. The number of hydrogen-bond donors (Lipinski definition) is 2. The van der Waals surface area contributed by atoms with Gasteiger partial charge < -0.3 is 19.8 Å². The summed E-state index contributed by atoms with van der Waals surface area (Å²) in [5, 5.41) is 3.15. The summed E-state index contributed by atoms with van der Waals surface area (Å²) in [7, 11) is 3.01. The lowest BCUT2D eigenvalue weighted by atomic mass is 10.2. The molecule has 2 N–H and O–H groups in total. The van der Waals surface area contributed by atoms with Crippen LogP contribution >= 0.6 is 11.6 Å². The molecule has 2 aromatic rings. The number of benzene rings is 1. The molecule has 100 valence electrons. The molecule has 0 atom stereocenters. The first kappa shape index (κ1) is 13.3. The minimum Gasteiger partial charge on any atom is -0.495 e. The molecule has 19 heavy (non-hydrogen) atoms. The number of nitrogens with one attached hydrogen (secondary N) is 2. The van der Waals surface area contributed by atoms with Crippen LogP contribution in [0.3, 0.4) is 0 Å². The highest BCUT2D eigenvalue weighted by atomic mass is 35.5. The van der Waals surface area contributed by atoms with Gasteiger partial charge in [0, 0.05) is 18.3 Å². The molecule has 0 saturated heterocycles. The Bertz CT molecular complexity index is 582. The third-order valence-electron chi connectivity index (χ3n) is 2.56. The number of aromatic nitrogens is 1. The Morgan fingerprint density at radius 3 is 2.58 bits per heavy atom. The molecular weight excluding hydrogens is 268 g/mol. The number of hydrogen-bond acceptors (Lipinski definition) is 3. The van der Waals surface area contributed by atoms with E-state index in [1.807, 2.05) is 0 Å². The maximum atomic E-state index is 12.0. The number of aromatic amines is 1. The van der Waals surface area contributed by atoms with Crippen molar-refractivity contribution in [2.75, 3.05) is 19.5 Å². The Morgan fingerprint density at radius 1 is 1.26 bits per heavy atom. The van der Waals surface area contributed by atoms with Gasteiger partial charge in [-0.2, -0.15) is 0 Å². The van der Waals surface area contributed by atoms with Crippen LogP contribution in [0.1, 0.15) is 10.5 Å². The second-order valence-corrected chi connectivity index (χ2v) is 4.13. The van der Waals surface area contributed by atoms with E-state index in [4.69, 9.17) is 21.1 Å². The maximum absolute atomic E-state index is 12.0. The van der Waals surface area contributed by atoms with Gasteiger partial charge in [-0.15, -0.1) is 0 Å². The summed E-state index contributed by atoms with van der Waals surface area (Å²) in [5.41, 5.74) is 0.944. The van der Waals surface area contributed by atoms with Gasteiger partial charge in [0.25, 0.3) is 5.91 Å². The van der Waals surface area contributed by atoms with Crippen molar-refractivity contribution in [3.8, 4) is 11.5 Å². The fraction of sp³-hybridized carbons (Fsp3) is 0.154. The summed E-state index contributed by atoms with van der Waals surface area (Å²) in [4.78, 5) is 14.8. The Morgan fingerprint density at radius 2 is 2.00 bits per heavy atom. The van der Waals surface area contributed by atoms with Crippen molar-refractivity contribution >= 4 is 23.2 Å². The lowest BCUT2D eigenvalue weighted by Crippen LogP contribution is -2.13. The van der Waals surface area contributed by atoms with E-state index in [1.54, 1.807) is 30.5 Å². The molecule has 1 amide bonds. The second-order valence-electron chi connectivity index (χ2n) is 3.72. The van der Waals surface area contributed by atoms with E-state index in [-0.39, 0.29) is 5.91 Å². The molecular formula is C13H13ClN2O3. The normalized spacial score (nSPS) is 10.1. The monoisotopic (exact) mass is 280 g/mol. The van der Waals surface area contributed by atoms with Crippen LogP contribution in [-0.2, 0) is 0 Å². The fourth-order valence-electron chi connectivity index (χ4n) is 1.62. The lowest BCUT2D eigenvalue weighted by Gasteiger charge is -2.12. The number of halogens is 1. The van der Waals surface area contributed by atoms with Crippen LogP contribution in [0.25, 0.3) is 0 Å². The number of carbonyl (C=O) groups is 1. The highest BCUT2D eigenvalue weighted by molar-refractivity contribution is 6.32. The average molecular weight is 281 g/mol. The zero-order chi connectivity index (χ0) is 13.8. The van der Waals surface area contributed by atoms with E-state index in [1.165, 1.54) is 14.2 Å². The number of rotatable bonds is 4. The van der Waals surface area contributed by atoms with Gasteiger partial charge in [0.1, 0.15) is 17.2 Å². The molecule has 0 spiro atoms. The Kier molecular flexibility index (Phi) is 3.97. The number of amides is 1. The number of anilines is 1. The van der Waals surface area contributed by atoms with E-state index in [2.05, 4.69) is 10.3 Å². The van der Waals surface area contributed by atoms with Gasteiger partial charge >= 0.3 is 0 Å². The maximum Gasteiger partial charge on any atom is 0.272 e. The Labute approximate surface area is 115 Å². The second kappa shape index (κ2) is 5.67. The molecule has 5 nitrogen and oxygen atoms in total. The summed E-state index contributed by atoms with van der Waals surface area (Å²) in [6.45, 7) is 0. The Hall–Kier alpha value is -2.14. The van der Waals surface area contributed by atoms with Gasteiger partial charge in [0.2, 0.25) is 0 Å². The first-order valence-corrected chi connectivity index (χ1v) is 5.89. The molecule has 0 saturated carbocycles. The molecule has 1 aromatic carbocycles. The minimum absolute atomic E-state index is 0.271. The van der Waals surface area contributed by atoms with E-state index >= 15 is 0 Å². The predicted molar refractivity (Wildman–Crippen MR) is 73.3 cm³/mol. The summed E-state index contributed by atoms with van der Waals surface area (Å²) in [5.74, 6) is 0.655. The zero-order valence-corrected chi connectivity index (χ0v) is 11.2. The first-order valence-electron chi connectivity index (χ1n) is 5.52. The van der Waals surface area contributed by atoms with Crippen LogP contribution < -0.4 is 14.8 Å². The third kappa shape index (κ3) is 2.82. The summed E-state index contributed by atoms with van der Waals surface area (Å²) < 4.78 is 10.3. The largest absolute Gasteiger partial charge is 0.495 e. The molecule has 0 radical (unpaired) electrons. The van der Waals surface area contributed by atoms with Crippen molar-refractivity contribution in [3.63, 3.8) is 0 Å². The molecule has 1 heterocycles. The van der Waals surface area contributed by atoms with Gasteiger partial charge in [-0.05, 0) is 12.1 Å². The number of carbonyl (C=O) groups excluding carboxylic acids is 1. The van der Waals surface area contributed by atoms with Crippen LogP contribution in [0, 0.1) is 0 Å². The van der Waals surface area contributed by atoms with Crippen LogP contribution in [0.5, 0.6) is 11.5 Å². The molecule has 0 bridgehead atoms. The highest BCUT2D eigenvalue weighted by Gasteiger charge is 2.13. The van der Waals surface area contributed by atoms with Gasteiger partial charge in [-0.1, -0.05) is 11.6 Å². The van der Waals surface area contributed by atoms with Crippen LogP contribution in [-0.4, -0.2) is 25.1 Å². The van der Waals surface area contributed by atoms with Crippen LogP contribution in [0.2, 0.25) is 5.02 Å². The molecule has 6 heteroatoms. The predicted octanol–water partition coefficient (Wildman–Crippen LogP) is 2.94. The molecule has 0 fully saturated rings. The van der Waals surface area contributed by atoms with Crippen molar-refractivity contribution in [2.45, 2.75) is 0 Å². The van der Waals surface area contributed by atoms with Gasteiger partial charge in [-0.3, -0.25) is 4.79 Å². The first-order chi connectivity index (χ1) is 9.15. The van der Waals surface area contributed by atoms with Crippen molar-refractivity contribution in [3.05, 3.63) is 41.2 Å². The van der Waals surface area contributed by atoms with Gasteiger partial charge in [-0.25, -0.2) is 0 Å². The Balaban J connectivity index is 2.31. The van der Waals surface area contributed by atoms with Crippen molar-refractivity contribution in [2.24, 2.45) is 0 Å². The van der Waals surface area contributed by atoms with E-state index in [0.717, 1.165) is 0 Å². The smallest absolute Gasteiger partial charge is 0.272 e. The molecule has 0 aliphatic carbocycles. The van der Waals surface area contributed by atoms with E-state index in [9.17, 15) is 4.79 Å². The third-order valence-corrected chi connectivity index (χ3v) is 2.86. The number of ether oxygens (including phenoxy) is 2. The van der Waals surface area contributed by atoms with Crippen molar-refractivity contribution < 1.29 is 14.3 Å². The van der Waals surface area contributed by atoms with E-state index in [0.29, 0.717) is 27.9 Å². The standard InChI is InChI=1S/C13H13ClN2O3/c1-18-11-7-10(12(19-2)6-8(11)14)16-13(17)9-4-3-5-15-9/h3-7,15H,1-2H3,(H,16,17). The molecule has 1 aromatic heterocycles. The average Bonchev–Trinajstić information content (AvgIpc) is 2.94. The van der Waals surface area contributed by atoms with Crippen molar-refractivity contribution in [1.82, 2.24) is 4.98 Å². The molecule has 0 aliphatic rings. The zero-order valence-electron chi connectivity index (χ0n) is 10.5. The fourth-order valence-corrected chi connectivity index (χ4v) is 1.85. The minimum atomic E-state index is -0.271. The molecule has 0 unspecified atom stereocenters. The van der Waals surface area contributed by atoms with Gasteiger partial charge in [0.05, 0.1) is 24.9 Å². The quantitative estimate of drug-likeness (QED) is 0.905. The summed E-state index contributed by atoms with van der Waals surface area (Å²) in [6.07, 6.45) is 1.68. The molecule has 2 rings (SSSR count). The van der Waals surface area contributed by atoms with Crippen molar-refractivity contribution in [1.29, 1.82) is 0 Å². The SMILES string of the molecule is COc1cc(NC(=O)c2ccc[nH]2)c(OC)cc1Cl. The van der Waals surface area contributed by atoms with Crippen LogP contribution in [0.15, 0.2) is 30.5 Å². The van der Waals surface area contributed by atoms with Crippen LogP contribution in [0.4, 0.5) is 5.69 Å². The van der Waals surface area contributed by atoms with E-state index < -0.39 is 0 Å². The number of H-pyrrole nitrogens is 1. The topological polar surface area (TPSA) is 63.3 Å². The number of methoxy groups -OCH3 is 2. The summed E-state index contributed by atoms with van der Waals surface area (Å²) in [6, 6.07) is 6.62.